The van der Waals surface area contributed by atoms with Gasteiger partial charge in [0.25, 0.3) is 0 Å². The van der Waals surface area contributed by atoms with Crippen molar-refractivity contribution in [3.05, 3.63) is 11.6 Å². The van der Waals surface area contributed by atoms with Gasteiger partial charge in [0.15, 0.2) is 28.7 Å². The smallest absolute Gasteiger partial charge is 0.331 e. The van der Waals surface area contributed by atoms with Crippen molar-refractivity contribution in [1.82, 2.24) is 4.90 Å². The number of nitrogens with zero attached hydrogens (tertiary/aromatic N) is 1. The number of esters is 1. The van der Waals surface area contributed by atoms with Crippen LogP contribution in [0.3, 0.4) is 0 Å². The van der Waals surface area contributed by atoms with Crippen LogP contribution in [0.25, 0.3) is 0 Å². The first kappa shape index (κ1) is 44.3. The highest BCUT2D eigenvalue weighted by Gasteiger charge is 2.71. The summed E-state index contributed by atoms with van der Waals surface area (Å²) in [5.74, 6) is 0.142. The summed E-state index contributed by atoms with van der Waals surface area (Å²) in [4.78, 5) is 13.8. The molecular weight excluding hydrogens is 787 g/mol. The van der Waals surface area contributed by atoms with Crippen LogP contribution in [0.15, 0.2) is 11.6 Å². The molecule has 4 N–H and O–H groups in total. The molecule has 4 saturated carbocycles. The van der Waals surface area contributed by atoms with Gasteiger partial charge in [0.05, 0.1) is 48.3 Å². The Labute approximate surface area is 349 Å². The third-order valence-electron chi connectivity index (χ3n) is 16.3. The van der Waals surface area contributed by atoms with E-state index >= 15 is 0 Å². The fraction of sp³-hybridized carbons (Fsp3) is 0.930. The van der Waals surface area contributed by atoms with Crippen molar-refractivity contribution >= 4 is 15.8 Å². The maximum absolute atomic E-state index is 12.6. The molecule has 0 aromatic heterocycles. The zero-order valence-corrected chi connectivity index (χ0v) is 36.5. The number of carbonyl (C=O) groups is 1. The summed E-state index contributed by atoms with van der Waals surface area (Å²) in [6.45, 7) is 11.1. The van der Waals surface area contributed by atoms with Gasteiger partial charge in [0.2, 0.25) is 0 Å². The lowest BCUT2D eigenvalue weighted by Gasteiger charge is -2.65. The predicted octanol–water partition coefficient (Wildman–Crippen LogP) is 2.80. The van der Waals surface area contributed by atoms with Gasteiger partial charge < -0.3 is 53.6 Å². The van der Waals surface area contributed by atoms with Crippen molar-refractivity contribution in [3.63, 3.8) is 0 Å². The second kappa shape index (κ2) is 16.7. The first-order valence-electron chi connectivity index (χ1n) is 22.2. The number of aliphatic hydroxyl groups is 4. The molecule has 0 amide bonds. The lowest BCUT2D eigenvalue weighted by Crippen LogP contribution is -2.67. The second-order valence-electron chi connectivity index (χ2n) is 20.0. The van der Waals surface area contributed by atoms with Gasteiger partial charge in [-0.15, -0.1) is 0 Å². The van der Waals surface area contributed by atoms with Crippen molar-refractivity contribution in [2.75, 3.05) is 31.8 Å². The highest BCUT2D eigenvalue weighted by atomic mass is 32.2. The van der Waals surface area contributed by atoms with E-state index in [1.807, 2.05) is 25.7 Å². The Kier molecular flexibility index (Phi) is 12.5. The number of aliphatic hydroxyl groups excluding tert-OH is 3. The number of ether oxygens (including phenoxy) is 7. The number of rotatable bonds is 9. The lowest BCUT2D eigenvalue weighted by atomic mass is 9.42. The summed E-state index contributed by atoms with van der Waals surface area (Å²) in [6, 6.07) is 0. The average molecular weight is 856 g/mol. The first-order valence-corrected chi connectivity index (χ1v) is 24.3. The molecule has 2 unspecified atom stereocenters. The van der Waals surface area contributed by atoms with Gasteiger partial charge in [-0.05, 0) is 107 Å². The summed E-state index contributed by atoms with van der Waals surface area (Å²) in [5, 5.41) is 47.0. The van der Waals surface area contributed by atoms with Crippen LogP contribution in [-0.4, -0.2) is 151 Å². The SMILES string of the molecule is CC1CN(CS(C)(=O)=O)CCC(O[C@H]2[C@@H](O)C[C@H](O[C@@H]3[C@@H](O)C[C@@H](O[C@H]4CC[C@@]5(C)[C@H](CC[C@@H]6[C@@H]5C[C@@H](O)[C@]5(C)[C@@H](C7=CC(=O)OC7)CC[C@]65O)C4)O[C@@H]3C)O[C@@H]2C)O1. The van der Waals surface area contributed by atoms with Crippen molar-refractivity contribution in [2.45, 2.75) is 185 Å². The minimum absolute atomic E-state index is 0.0474. The maximum Gasteiger partial charge on any atom is 0.331 e. The molecule has 8 rings (SSSR count). The Morgan fingerprint density at radius 2 is 1.47 bits per heavy atom. The molecule has 59 heavy (non-hydrogen) atoms. The summed E-state index contributed by atoms with van der Waals surface area (Å²) in [6.07, 6.45) is 2.73. The van der Waals surface area contributed by atoms with Gasteiger partial charge in [-0.3, -0.25) is 4.90 Å². The van der Waals surface area contributed by atoms with Crippen molar-refractivity contribution < 1.29 is 66.8 Å². The van der Waals surface area contributed by atoms with E-state index in [0.717, 1.165) is 44.1 Å². The Morgan fingerprint density at radius 1 is 0.814 bits per heavy atom. The Hall–Kier alpha value is -1.28. The highest BCUT2D eigenvalue weighted by Crippen LogP contribution is 2.70. The molecule has 0 aromatic rings. The molecule has 4 aliphatic heterocycles. The number of hydrogen-bond acceptors (Lipinski definition) is 15. The summed E-state index contributed by atoms with van der Waals surface area (Å²) in [7, 11) is -3.18. The van der Waals surface area contributed by atoms with Crippen molar-refractivity contribution in [1.29, 1.82) is 0 Å². The minimum atomic E-state index is -3.18. The molecule has 15 nitrogen and oxygen atoms in total. The molecule has 0 bridgehead atoms. The predicted molar refractivity (Wildman–Crippen MR) is 212 cm³/mol. The fourth-order valence-electron chi connectivity index (χ4n) is 13.3. The molecule has 336 valence electrons. The molecule has 16 heteroatoms. The molecule has 19 atom stereocenters. The molecule has 4 heterocycles. The molecule has 0 aromatic carbocycles. The van der Waals surface area contributed by atoms with E-state index in [2.05, 4.69) is 6.92 Å². The van der Waals surface area contributed by atoms with Gasteiger partial charge in [-0.25, -0.2) is 13.2 Å². The van der Waals surface area contributed by atoms with E-state index in [4.69, 9.17) is 33.2 Å². The zero-order valence-electron chi connectivity index (χ0n) is 35.6. The Bertz CT molecular complexity index is 1660. The minimum Gasteiger partial charge on any atom is -0.458 e. The summed E-state index contributed by atoms with van der Waals surface area (Å²) >= 11 is 0. The number of fused-ring (bicyclic) bond motifs is 5. The van der Waals surface area contributed by atoms with Gasteiger partial charge in [0.1, 0.15) is 24.7 Å². The largest absolute Gasteiger partial charge is 0.458 e. The Balaban J connectivity index is 0.820. The van der Waals surface area contributed by atoms with Crippen LogP contribution >= 0.6 is 0 Å². The van der Waals surface area contributed by atoms with Gasteiger partial charge in [-0.1, -0.05) is 13.8 Å². The lowest BCUT2D eigenvalue weighted by molar-refractivity contribution is -0.329. The van der Waals surface area contributed by atoms with Crippen molar-refractivity contribution in [2.24, 2.45) is 34.5 Å². The van der Waals surface area contributed by atoms with Crippen LogP contribution in [0.1, 0.15) is 105 Å². The molecule has 4 aliphatic carbocycles. The van der Waals surface area contributed by atoms with E-state index in [1.165, 1.54) is 6.26 Å². The highest BCUT2D eigenvalue weighted by molar-refractivity contribution is 7.90. The standard InChI is InChI=1S/C43H69NO14S/c1-23-20-44(22-59(6,50)51)14-11-36(53-23)57-39-24(2)55-38(19-33(39)46)58-40-25(3)54-37(18-32(40)45)56-28-9-12-41(4)27(16-28)7-8-30-31(41)17-34(47)42(5)29(10-13-43(30,42)49)26-15-35(48)52-21-26/h15,23-25,27-34,36-40,45-47,49H,7-14,16-22H2,1-6H3/t23?,24-,25-,27-,28+,29-,30-,31+,32+,33+,34-,36?,37-,38+,39-,40+,41+,42+,43+/m1/s1. The average Bonchev–Trinajstić information content (AvgIpc) is 3.64. The summed E-state index contributed by atoms with van der Waals surface area (Å²) in [5.41, 5.74) is -0.901. The van der Waals surface area contributed by atoms with E-state index < -0.39 is 82.5 Å². The van der Waals surface area contributed by atoms with Crippen LogP contribution in [-0.2, 0) is 47.8 Å². The van der Waals surface area contributed by atoms with E-state index in [9.17, 15) is 33.6 Å². The van der Waals surface area contributed by atoms with Crippen LogP contribution in [0.2, 0.25) is 0 Å². The maximum atomic E-state index is 12.6. The second-order valence-corrected chi connectivity index (χ2v) is 22.2. The zero-order chi connectivity index (χ0) is 42.2. The van der Waals surface area contributed by atoms with Crippen LogP contribution in [0.5, 0.6) is 0 Å². The fourth-order valence-corrected chi connectivity index (χ4v) is 14.2. The number of carbonyl (C=O) groups excluding carboxylic acids is 1. The quantitative estimate of drug-likeness (QED) is 0.195. The van der Waals surface area contributed by atoms with E-state index in [-0.39, 0.29) is 66.7 Å². The molecular formula is C43H69NO14S. The van der Waals surface area contributed by atoms with Crippen LogP contribution in [0.4, 0.5) is 0 Å². The molecule has 7 fully saturated rings. The van der Waals surface area contributed by atoms with Gasteiger partial charge >= 0.3 is 5.97 Å². The third-order valence-corrected chi connectivity index (χ3v) is 17.1. The van der Waals surface area contributed by atoms with Crippen LogP contribution < -0.4 is 0 Å². The molecule has 3 saturated heterocycles. The number of cyclic esters (lactones) is 1. The monoisotopic (exact) mass is 855 g/mol. The molecule has 0 spiro atoms. The third kappa shape index (κ3) is 8.46. The Morgan fingerprint density at radius 3 is 2.10 bits per heavy atom. The summed E-state index contributed by atoms with van der Waals surface area (Å²) < 4.78 is 66.6. The number of sulfone groups is 1. The van der Waals surface area contributed by atoms with Gasteiger partial charge in [0, 0.05) is 50.1 Å². The first-order chi connectivity index (χ1) is 27.8. The normalized spacial score (nSPS) is 50.9. The van der Waals surface area contributed by atoms with Crippen molar-refractivity contribution in [3.8, 4) is 0 Å². The number of hydrogen-bond donors (Lipinski definition) is 4. The van der Waals surface area contributed by atoms with E-state index in [0.29, 0.717) is 38.3 Å². The topological polar surface area (TPSA) is 200 Å². The molecule has 0 radical (unpaired) electrons. The van der Waals surface area contributed by atoms with Gasteiger partial charge in [-0.2, -0.15) is 0 Å². The van der Waals surface area contributed by atoms with Crippen LogP contribution in [0, 0.1) is 34.5 Å². The molecule has 8 aliphatic rings. The van der Waals surface area contributed by atoms with E-state index in [1.54, 1.807) is 13.0 Å².